The third-order valence-corrected chi connectivity index (χ3v) is 5.41. The zero-order chi connectivity index (χ0) is 14.6. The van der Waals surface area contributed by atoms with Crippen LogP contribution in [0.4, 0.5) is 4.39 Å². The second kappa shape index (κ2) is 6.35. The monoisotopic (exact) mass is 299 g/mol. The molecule has 1 aliphatic rings. The molecule has 0 aromatic heterocycles. The minimum absolute atomic E-state index is 0.0809. The van der Waals surface area contributed by atoms with Crippen LogP contribution >= 0.6 is 0 Å². The van der Waals surface area contributed by atoms with Gasteiger partial charge in [0.25, 0.3) is 0 Å². The largest absolute Gasteiger partial charge is 0.274 e. The number of halogens is 1. The van der Waals surface area contributed by atoms with Crippen LogP contribution in [0, 0.1) is 5.82 Å². The van der Waals surface area contributed by atoms with Crippen LogP contribution in [-0.2, 0) is 21.2 Å². The summed E-state index contributed by atoms with van der Waals surface area (Å²) in [6, 6.07) is 5.83. The standard InChI is InChI=1S/C14H18FNO3S/c15-12-8-5-11(6-9-12)7-10-14(17)16-20(18,19)13-3-1-2-4-13/h5-6,8-9,13H,1-4,7,10H2,(H,16,17). The van der Waals surface area contributed by atoms with E-state index in [9.17, 15) is 17.6 Å². The van der Waals surface area contributed by atoms with Gasteiger partial charge in [-0.05, 0) is 37.0 Å². The molecule has 0 aliphatic heterocycles. The molecule has 0 unspecified atom stereocenters. The predicted molar refractivity (Wildman–Crippen MR) is 74.0 cm³/mol. The van der Waals surface area contributed by atoms with Gasteiger partial charge in [0, 0.05) is 6.42 Å². The molecule has 1 aromatic rings. The maximum absolute atomic E-state index is 12.7. The minimum atomic E-state index is -3.53. The molecule has 1 aromatic carbocycles. The number of carbonyl (C=O) groups excluding carboxylic acids is 1. The maximum Gasteiger partial charge on any atom is 0.237 e. The predicted octanol–water partition coefficient (Wildman–Crippen LogP) is 2.15. The number of carbonyl (C=O) groups is 1. The van der Waals surface area contributed by atoms with Gasteiger partial charge in [-0.15, -0.1) is 0 Å². The minimum Gasteiger partial charge on any atom is -0.274 e. The van der Waals surface area contributed by atoms with Crippen molar-refractivity contribution in [3.05, 3.63) is 35.6 Å². The average molecular weight is 299 g/mol. The third-order valence-electron chi connectivity index (χ3n) is 3.55. The molecule has 1 fully saturated rings. The first kappa shape index (κ1) is 15.0. The molecule has 6 heteroatoms. The summed E-state index contributed by atoms with van der Waals surface area (Å²) in [4.78, 5) is 11.7. The van der Waals surface area contributed by atoms with E-state index < -0.39 is 21.2 Å². The normalized spacial score (nSPS) is 16.2. The lowest BCUT2D eigenvalue weighted by Crippen LogP contribution is -2.37. The molecule has 2 rings (SSSR count). The molecule has 1 amide bonds. The summed E-state index contributed by atoms with van der Waals surface area (Å²) in [5.41, 5.74) is 0.805. The topological polar surface area (TPSA) is 63.2 Å². The Morgan fingerprint density at radius 1 is 1.20 bits per heavy atom. The Kier molecular flexibility index (Phi) is 4.75. The molecule has 20 heavy (non-hydrogen) atoms. The van der Waals surface area contributed by atoms with Gasteiger partial charge in [0.05, 0.1) is 5.25 Å². The van der Waals surface area contributed by atoms with Crippen LogP contribution < -0.4 is 4.72 Å². The zero-order valence-corrected chi connectivity index (χ0v) is 12.0. The van der Waals surface area contributed by atoms with Crippen molar-refractivity contribution in [2.24, 2.45) is 0 Å². The highest BCUT2D eigenvalue weighted by molar-refractivity contribution is 7.90. The molecule has 1 saturated carbocycles. The van der Waals surface area contributed by atoms with Gasteiger partial charge in [-0.3, -0.25) is 9.52 Å². The quantitative estimate of drug-likeness (QED) is 0.906. The van der Waals surface area contributed by atoms with Gasteiger partial charge < -0.3 is 0 Å². The van der Waals surface area contributed by atoms with E-state index in [1.165, 1.54) is 12.1 Å². The van der Waals surface area contributed by atoms with Crippen LogP contribution in [0.3, 0.4) is 0 Å². The van der Waals surface area contributed by atoms with E-state index in [0.717, 1.165) is 18.4 Å². The Morgan fingerprint density at radius 3 is 2.40 bits per heavy atom. The molecule has 4 nitrogen and oxygen atoms in total. The van der Waals surface area contributed by atoms with Crippen molar-refractivity contribution < 1.29 is 17.6 Å². The fourth-order valence-corrected chi connectivity index (χ4v) is 3.94. The number of hydrogen-bond donors (Lipinski definition) is 1. The molecule has 0 heterocycles. The summed E-state index contributed by atoms with van der Waals surface area (Å²) in [5, 5.41) is -0.433. The van der Waals surface area contributed by atoms with Crippen molar-refractivity contribution in [3.8, 4) is 0 Å². The van der Waals surface area contributed by atoms with Crippen LogP contribution in [0.1, 0.15) is 37.7 Å². The van der Waals surface area contributed by atoms with E-state index in [2.05, 4.69) is 4.72 Å². The van der Waals surface area contributed by atoms with Gasteiger partial charge in [0.15, 0.2) is 0 Å². The summed E-state index contributed by atoms with van der Waals surface area (Å²) < 4.78 is 38.7. The molecule has 1 aliphatic carbocycles. The Morgan fingerprint density at radius 2 is 1.80 bits per heavy atom. The highest BCUT2D eigenvalue weighted by Crippen LogP contribution is 2.23. The Balaban J connectivity index is 1.84. The number of amides is 1. The average Bonchev–Trinajstić information content (AvgIpc) is 2.92. The number of benzene rings is 1. The van der Waals surface area contributed by atoms with Crippen molar-refractivity contribution in [1.29, 1.82) is 0 Å². The number of aryl methyl sites for hydroxylation is 1. The summed E-state index contributed by atoms with van der Waals surface area (Å²) in [6.07, 6.45) is 3.52. The molecule has 0 bridgehead atoms. The number of nitrogens with one attached hydrogen (secondary N) is 1. The Bertz CT molecular complexity index is 563. The lowest BCUT2D eigenvalue weighted by Gasteiger charge is -2.12. The molecule has 0 atom stereocenters. The van der Waals surface area contributed by atoms with Gasteiger partial charge in [-0.2, -0.15) is 0 Å². The van der Waals surface area contributed by atoms with Gasteiger partial charge >= 0.3 is 0 Å². The second-order valence-corrected chi connectivity index (χ2v) is 7.06. The van der Waals surface area contributed by atoms with Crippen molar-refractivity contribution in [2.75, 3.05) is 0 Å². The molecule has 1 N–H and O–H groups in total. The smallest absolute Gasteiger partial charge is 0.237 e. The summed E-state index contributed by atoms with van der Waals surface area (Å²) in [6.45, 7) is 0. The Hall–Kier alpha value is -1.43. The molecular formula is C14H18FNO3S. The summed E-state index contributed by atoms with van der Waals surface area (Å²) in [5.74, 6) is -0.830. The SMILES string of the molecule is O=C(CCc1ccc(F)cc1)NS(=O)(=O)C1CCCC1. The molecular weight excluding hydrogens is 281 g/mol. The third kappa shape index (κ3) is 4.03. The lowest BCUT2D eigenvalue weighted by molar-refractivity contribution is -0.119. The first-order chi connectivity index (χ1) is 9.47. The van der Waals surface area contributed by atoms with Crippen LogP contribution in [0.5, 0.6) is 0 Å². The van der Waals surface area contributed by atoms with Gasteiger partial charge in [0.2, 0.25) is 15.9 Å². The maximum atomic E-state index is 12.7. The van der Waals surface area contributed by atoms with Crippen LogP contribution in [0.2, 0.25) is 0 Å². The molecule has 0 saturated heterocycles. The van der Waals surface area contributed by atoms with Gasteiger partial charge in [0.1, 0.15) is 5.82 Å². The highest BCUT2D eigenvalue weighted by atomic mass is 32.2. The number of hydrogen-bond acceptors (Lipinski definition) is 3. The summed E-state index contributed by atoms with van der Waals surface area (Å²) >= 11 is 0. The summed E-state index contributed by atoms with van der Waals surface area (Å²) in [7, 11) is -3.53. The number of sulfonamides is 1. The van der Waals surface area contributed by atoms with Crippen LogP contribution in [0.25, 0.3) is 0 Å². The van der Waals surface area contributed by atoms with Crippen molar-refractivity contribution >= 4 is 15.9 Å². The second-order valence-electron chi connectivity index (χ2n) is 5.10. The van der Waals surface area contributed by atoms with Crippen LogP contribution in [-0.4, -0.2) is 19.6 Å². The fourth-order valence-electron chi connectivity index (χ4n) is 2.40. The first-order valence-corrected chi connectivity index (χ1v) is 8.31. The zero-order valence-electron chi connectivity index (χ0n) is 11.1. The first-order valence-electron chi connectivity index (χ1n) is 6.76. The van der Waals surface area contributed by atoms with Crippen molar-refractivity contribution in [3.63, 3.8) is 0 Å². The lowest BCUT2D eigenvalue weighted by atomic mass is 10.1. The van der Waals surface area contributed by atoms with E-state index >= 15 is 0 Å². The number of rotatable bonds is 5. The van der Waals surface area contributed by atoms with E-state index in [1.54, 1.807) is 12.1 Å². The molecule has 0 spiro atoms. The molecule has 110 valence electrons. The highest BCUT2D eigenvalue weighted by Gasteiger charge is 2.29. The van der Waals surface area contributed by atoms with E-state index in [4.69, 9.17) is 0 Å². The van der Waals surface area contributed by atoms with Crippen molar-refractivity contribution in [2.45, 2.75) is 43.8 Å². The van der Waals surface area contributed by atoms with Gasteiger partial charge in [-0.1, -0.05) is 25.0 Å². The van der Waals surface area contributed by atoms with Gasteiger partial charge in [-0.25, -0.2) is 12.8 Å². The Labute approximate surface area is 118 Å². The van der Waals surface area contributed by atoms with E-state index in [-0.39, 0.29) is 12.2 Å². The van der Waals surface area contributed by atoms with E-state index in [0.29, 0.717) is 19.3 Å². The van der Waals surface area contributed by atoms with E-state index in [1.807, 2.05) is 0 Å². The van der Waals surface area contributed by atoms with Crippen LogP contribution in [0.15, 0.2) is 24.3 Å². The fraction of sp³-hybridized carbons (Fsp3) is 0.500. The molecule has 0 radical (unpaired) electrons. The van der Waals surface area contributed by atoms with Crippen molar-refractivity contribution in [1.82, 2.24) is 4.72 Å².